The lowest BCUT2D eigenvalue weighted by Gasteiger charge is -2.15. The molecule has 0 aliphatic carbocycles. The maximum Gasteiger partial charge on any atom is 0.323 e. The molecule has 0 saturated carbocycles. The van der Waals surface area contributed by atoms with Crippen LogP contribution in [0.2, 0.25) is 0 Å². The van der Waals surface area contributed by atoms with Gasteiger partial charge in [0.05, 0.1) is 12.1 Å². The maximum absolute atomic E-state index is 5.69. The molecule has 0 saturated heterocycles. The van der Waals surface area contributed by atoms with Gasteiger partial charge in [-0.1, -0.05) is 29.8 Å². The molecule has 0 spiro atoms. The van der Waals surface area contributed by atoms with Crippen LogP contribution in [0.25, 0.3) is 0 Å². The molecule has 3 N–H and O–H groups in total. The minimum absolute atomic E-state index is 0.0193. The van der Waals surface area contributed by atoms with Crippen LogP contribution in [0.5, 0.6) is 6.01 Å². The zero-order valence-corrected chi connectivity index (χ0v) is 12.8. The van der Waals surface area contributed by atoms with Gasteiger partial charge in [0.15, 0.2) is 0 Å². The molecule has 6 nitrogen and oxygen atoms in total. The fraction of sp³-hybridized carbons (Fsp3) is 0.400. The van der Waals surface area contributed by atoms with Crippen molar-refractivity contribution in [2.24, 2.45) is 0 Å². The summed E-state index contributed by atoms with van der Waals surface area (Å²) in [4.78, 5) is 12.3. The van der Waals surface area contributed by atoms with E-state index in [0.717, 1.165) is 5.56 Å². The van der Waals surface area contributed by atoms with Crippen molar-refractivity contribution in [3.8, 4) is 6.01 Å². The summed E-state index contributed by atoms with van der Waals surface area (Å²) in [6.45, 7) is 7.90. The predicted octanol–water partition coefficient (Wildman–Crippen LogP) is 2.72. The van der Waals surface area contributed by atoms with Gasteiger partial charge in [-0.25, -0.2) is 0 Å². The zero-order valence-electron chi connectivity index (χ0n) is 12.8. The third kappa shape index (κ3) is 4.30. The Labute approximate surface area is 124 Å². The summed E-state index contributed by atoms with van der Waals surface area (Å²) in [5.41, 5.74) is 8.06. The summed E-state index contributed by atoms with van der Waals surface area (Å²) in [6.07, 6.45) is -0.0193. The van der Waals surface area contributed by atoms with Gasteiger partial charge in [0.25, 0.3) is 0 Å². The van der Waals surface area contributed by atoms with Crippen molar-refractivity contribution in [1.82, 2.24) is 15.0 Å². The van der Waals surface area contributed by atoms with Gasteiger partial charge in [-0.15, -0.1) is 0 Å². The first-order valence-corrected chi connectivity index (χ1v) is 6.95. The van der Waals surface area contributed by atoms with E-state index in [-0.39, 0.29) is 24.1 Å². The van der Waals surface area contributed by atoms with E-state index >= 15 is 0 Å². The smallest absolute Gasteiger partial charge is 0.323 e. The molecule has 0 aliphatic heterocycles. The number of aromatic nitrogens is 3. The number of nitrogens with one attached hydrogen (secondary N) is 1. The zero-order chi connectivity index (χ0) is 15.4. The van der Waals surface area contributed by atoms with Crippen molar-refractivity contribution in [3.63, 3.8) is 0 Å². The average molecular weight is 287 g/mol. The molecule has 2 rings (SSSR count). The molecule has 21 heavy (non-hydrogen) atoms. The molecule has 6 heteroatoms. The number of nitrogens with zero attached hydrogens (tertiary/aromatic N) is 3. The highest BCUT2D eigenvalue weighted by Gasteiger charge is 2.11. The van der Waals surface area contributed by atoms with Crippen LogP contribution in [0, 0.1) is 6.92 Å². The normalized spacial score (nSPS) is 12.2. The predicted molar refractivity (Wildman–Crippen MR) is 83.2 cm³/mol. The SMILES string of the molecule is Cc1ccc(C(C)Nc2nc(N)nc(OC(C)C)n2)cc1. The summed E-state index contributed by atoms with van der Waals surface area (Å²) >= 11 is 0. The summed E-state index contributed by atoms with van der Waals surface area (Å²) in [7, 11) is 0. The van der Waals surface area contributed by atoms with Crippen LogP contribution in [-0.4, -0.2) is 21.1 Å². The monoisotopic (exact) mass is 287 g/mol. The lowest BCUT2D eigenvalue weighted by molar-refractivity contribution is 0.222. The van der Waals surface area contributed by atoms with Crippen molar-refractivity contribution in [2.45, 2.75) is 39.8 Å². The highest BCUT2D eigenvalue weighted by molar-refractivity contribution is 5.36. The van der Waals surface area contributed by atoms with Gasteiger partial charge in [0, 0.05) is 0 Å². The molecule has 0 fully saturated rings. The fourth-order valence-corrected chi connectivity index (χ4v) is 1.83. The average Bonchev–Trinajstić information content (AvgIpc) is 2.37. The lowest BCUT2D eigenvalue weighted by atomic mass is 10.1. The Hall–Kier alpha value is -2.37. The van der Waals surface area contributed by atoms with E-state index in [4.69, 9.17) is 10.5 Å². The van der Waals surface area contributed by atoms with Crippen molar-refractivity contribution in [3.05, 3.63) is 35.4 Å². The molecule has 1 atom stereocenters. The number of hydrogen-bond acceptors (Lipinski definition) is 6. The van der Waals surface area contributed by atoms with Crippen LogP contribution in [-0.2, 0) is 0 Å². The molecule has 0 bridgehead atoms. The minimum Gasteiger partial charge on any atom is -0.461 e. The number of hydrogen-bond donors (Lipinski definition) is 2. The minimum atomic E-state index is -0.0193. The van der Waals surface area contributed by atoms with Crippen LogP contribution in [0.4, 0.5) is 11.9 Å². The summed E-state index contributed by atoms with van der Waals surface area (Å²) in [5.74, 6) is 0.547. The van der Waals surface area contributed by atoms with E-state index in [1.807, 2.05) is 20.8 Å². The van der Waals surface area contributed by atoms with E-state index in [9.17, 15) is 0 Å². The molecule has 112 valence electrons. The second-order valence-electron chi connectivity index (χ2n) is 5.24. The molecule has 0 aliphatic rings. The molecule has 2 aromatic rings. The van der Waals surface area contributed by atoms with Gasteiger partial charge in [0.2, 0.25) is 11.9 Å². The van der Waals surface area contributed by atoms with Gasteiger partial charge < -0.3 is 15.8 Å². The number of rotatable bonds is 5. The van der Waals surface area contributed by atoms with Crippen molar-refractivity contribution in [2.75, 3.05) is 11.1 Å². The van der Waals surface area contributed by atoms with Crippen LogP contribution < -0.4 is 15.8 Å². The van der Waals surface area contributed by atoms with Gasteiger partial charge in [0.1, 0.15) is 0 Å². The fourth-order valence-electron chi connectivity index (χ4n) is 1.83. The number of aryl methyl sites for hydroxylation is 1. The largest absolute Gasteiger partial charge is 0.461 e. The Morgan fingerprint density at radius 1 is 1.05 bits per heavy atom. The van der Waals surface area contributed by atoms with Crippen LogP contribution >= 0.6 is 0 Å². The Bertz CT molecular complexity index is 598. The molecule has 1 heterocycles. The number of nitrogens with two attached hydrogens (primary N) is 1. The first-order chi connectivity index (χ1) is 9.94. The number of nitrogen functional groups attached to an aromatic ring is 1. The number of ether oxygens (including phenoxy) is 1. The summed E-state index contributed by atoms with van der Waals surface area (Å²) < 4.78 is 5.46. The molecule has 0 radical (unpaired) electrons. The Morgan fingerprint density at radius 3 is 2.33 bits per heavy atom. The topological polar surface area (TPSA) is 86.0 Å². The Kier molecular flexibility index (Phi) is 4.57. The standard InChI is InChI=1S/C15H21N5O/c1-9(2)21-15-19-13(16)18-14(20-15)17-11(4)12-7-5-10(3)6-8-12/h5-9,11H,1-4H3,(H3,16,17,18,19,20). The summed E-state index contributed by atoms with van der Waals surface area (Å²) in [6, 6.07) is 8.58. The Morgan fingerprint density at radius 2 is 1.71 bits per heavy atom. The van der Waals surface area contributed by atoms with Gasteiger partial charge >= 0.3 is 6.01 Å². The molecule has 1 aromatic heterocycles. The second-order valence-corrected chi connectivity index (χ2v) is 5.24. The third-order valence-corrected chi connectivity index (χ3v) is 2.90. The summed E-state index contributed by atoms with van der Waals surface area (Å²) in [5, 5.41) is 3.21. The van der Waals surface area contributed by atoms with E-state index in [2.05, 4.69) is 51.5 Å². The van der Waals surface area contributed by atoms with E-state index in [1.54, 1.807) is 0 Å². The highest BCUT2D eigenvalue weighted by atomic mass is 16.5. The number of benzene rings is 1. The second kappa shape index (κ2) is 6.39. The van der Waals surface area contributed by atoms with E-state index in [1.165, 1.54) is 5.56 Å². The molecule has 1 unspecified atom stereocenters. The van der Waals surface area contributed by atoms with Crippen molar-refractivity contribution >= 4 is 11.9 Å². The van der Waals surface area contributed by atoms with Gasteiger partial charge in [-0.2, -0.15) is 15.0 Å². The van der Waals surface area contributed by atoms with Crippen molar-refractivity contribution < 1.29 is 4.74 Å². The molecule has 1 aromatic carbocycles. The molecular weight excluding hydrogens is 266 g/mol. The van der Waals surface area contributed by atoms with E-state index in [0.29, 0.717) is 5.95 Å². The van der Waals surface area contributed by atoms with Crippen LogP contribution in [0.15, 0.2) is 24.3 Å². The van der Waals surface area contributed by atoms with Gasteiger partial charge in [-0.05, 0) is 33.3 Å². The first kappa shape index (κ1) is 15.0. The quantitative estimate of drug-likeness (QED) is 0.879. The first-order valence-electron chi connectivity index (χ1n) is 6.95. The Balaban J connectivity index is 2.14. The highest BCUT2D eigenvalue weighted by Crippen LogP contribution is 2.19. The molecular formula is C15H21N5O. The third-order valence-electron chi connectivity index (χ3n) is 2.90. The maximum atomic E-state index is 5.69. The molecule has 0 amide bonds. The van der Waals surface area contributed by atoms with Crippen LogP contribution in [0.3, 0.4) is 0 Å². The van der Waals surface area contributed by atoms with Crippen molar-refractivity contribution in [1.29, 1.82) is 0 Å². The lowest BCUT2D eigenvalue weighted by Crippen LogP contribution is -2.14. The number of anilines is 2. The van der Waals surface area contributed by atoms with E-state index < -0.39 is 0 Å². The van der Waals surface area contributed by atoms with Crippen LogP contribution in [0.1, 0.15) is 37.9 Å². The van der Waals surface area contributed by atoms with Gasteiger partial charge in [-0.3, -0.25) is 0 Å².